The van der Waals surface area contributed by atoms with Crippen molar-refractivity contribution in [1.82, 2.24) is 10.2 Å². The summed E-state index contributed by atoms with van der Waals surface area (Å²) in [5.41, 5.74) is 12.1. The van der Waals surface area contributed by atoms with Crippen LogP contribution in [0.4, 0.5) is 11.4 Å². The van der Waals surface area contributed by atoms with Gasteiger partial charge in [-0.1, -0.05) is 97.4 Å². The number of carbonyl (C=O) groups is 2. The van der Waals surface area contributed by atoms with Crippen molar-refractivity contribution in [3.05, 3.63) is 131 Å². The van der Waals surface area contributed by atoms with Gasteiger partial charge in [-0.25, -0.2) is 0 Å². The highest BCUT2D eigenvalue weighted by Gasteiger charge is 2.32. The van der Waals surface area contributed by atoms with E-state index in [-0.39, 0.29) is 30.6 Å². The average Bonchev–Trinajstić information content (AvgIpc) is 3.12. The van der Waals surface area contributed by atoms with Gasteiger partial charge in [-0.05, 0) is 54.3 Å². The average molecular weight is 665 g/mol. The lowest BCUT2D eigenvalue weighted by atomic mass is 9.99. The summed E-state index contributed by atoms with van der Waals surface area (Å²) in [7, 11) is 2.11. The van der Waals surface area contributed by atoms with Crippen molar-refractivity contribution in [1.29, 1.82) is 0 Å². The summed E-state index contributed by atoms with van der Waals surface area (Å²) >= 11 is 0. The van der Waals surface area contributed by atoms with E-state index in [0.29, 0.717) is 50.0 Å². The molecule has 1 aliphatic heterocycles. The third kappa shape index (κ3) is 11.3. The third-order valence-electron chi connectivity index (χ3n) is 8.71. The number of para-hydroxylation sites is 2. The second-order valence-corrected chi connectivity index (χ2v) is 12.7. The van der Waals surface area contributed by atoms with Crippen molar-refractivity contribution in [2.45, 2.75) is 76.7 Å². The summed E-state index contributed by atoms with van der Waals surface area (Å²) in [6.45, 7) is 2.01. The lowest BCUT2D eigenvalue weighted by Gasteiger charge is -2.38. The molecule has 0 radical (unpaired) electrons. The molecule has 1 saturated heterocycles. The van der Waals surface area contributed by atoms with Gasteiger partial charge in [-0.2, -0.15) is 0 Å². The predicted molar refractivity (Wildman–Crippen MR) is 192 cm³/mol. The molecule has 1 heterocycles. The molecular formula is C40H48N4O5. The molecule has 258 valence electrons. The van der Waals surface area contributed by atoms with Crippen molar-refractivity contribution >= 4 is 23.2 Å². The van der Waals surface area contributed by atoms with E-state index < -0.39 is 6.29 Å². The van der Waals surface area contributed by atoms with Crippen molar-refractivity contribution in [3.63, 3.8) is 0 Å². The van der Waals surface area contributed by atoms with E-state index in [1.165, 1.54) is 5.56 Å². The molecule has 9 nitrogen and oxygen atoms in total. The SMILES string of the molecule is CN(Cc1ccccc1)C[C@H]1C[C@@H](c2ccc(CO)cc2)O[C@@H](c2ccc(CNC(=O)CCCCCC(=O)Nc3ccccc3N)cc2)O1. The van der Waals surface area contributed by atoms with Crippen LogP contribution in [0.2, 0.25) is 0 Å². The molecule has 1 fully saturated rings. The molecule has 2 amide bonds. The van der Waals surface area contributed by atoms with Crippen molar-refractivity contribution < 1.29 is 24.2 Å². The standard InChI is InChI=1S/C40H48N4O5/c1-44(26-30-10-4-2-5-11-30)27-34-24-37(32-20-18-31(28-45)19-21-32)49-40(48-34)33-22-16-29(17-23-33)25-42-38(46)14-6-3-7-15-39(47)43-36-13-9-8-12-35(36)41/h2,4-5,8-13,16-23,34,37,40,45H,3,6-7,14-15,24-28,41H2,1H3,(H,42,46)(H,43,47)/t34-,37+,40+/m1/s1. The Labute approximate surface area is 289 Å². The molecule has 0 spiro atoms. The molecule has 4 aromatic carbocycles. The zero-order valence-electron chi connectivity index (χ0n) is 28.2. The zero-order chi connectivity index (χ0) is 34.4. The largest absolute Gasteiger partial charge is 0.397 e. The predicted octanol–water partition coefficient (Wildman–Crippen LogP) is 6.64. The van der Waals surface area contributed by atoms with Crippen LogP contribution in [-0.4, -0.2) is 41.5 Å². The van der Waals surface area contributed by atoms with E-state index in [2.05, 4.69) is 46.8 Å². The minimum Gasteiger partial charge on any atom is -0.397 e. The number of anilines is 2. The Hall–Kier alpha value is -4.54. The zero-order valence-corrected chi connectivity index (χ0v) is 28.2. The monoisotopic (exact) mass is 664 g/mol. The Morgan fingerprint density at radius 1 is 0.776 bits per heavy atom. The molecule has 5 rings (SSSR count). The molecule has 0 bridgehead atoms. The number of amides is 2. The lowest BCUT2D eigenvalue weighted by molar-refractivity contribution is -0.252. The Morgan fingerprint density at radius 3 is 2.14 bits per heavy atom. The number of nitrogen functional groups attached to an aromatic ring is 1. The first kappa shape index (κ1) is 35.8. The number of nitrogens with one attached hydrogen (secondary N) is 2. The summed E-state index contributed by atoms with van der Waals surface area (Å²) in [6.07, 6.45) is 2.98. The number of hydrogen-bond acceptors (Lipinski definition) is 7. The minimum atomic E-state index is -0.540. The Balaban J connectivity index is 1.09. The highest BCUT2D eigenvalue weighted by Crippen LogP contribution is 2.38. The van der Waals surface area contributed by atoms with Crippen molar-refractivity contribution in [2.24, 2.45) is 0 Å². The van der Waals surface area contributed by atoms with E-state index >= 15 is 0 Å². The fourth-order valence-electron chi connectivity index (χ4n) is 5.99. The number of nitrogens with zero attached hydrogens (tertiary/aromatic N) is 1. The van der Waals surface area contributed by atoms with Gasteiger partial charge in [0.25, 0.3) is 0 Å². The van der Waals surface area contributed by atoms with Gasteiger partial charge in [0.2, 0.25) is 11.8 Å². The van der Waals surface area contributed by atoms with Crippen LogP contribution in [0.3, 0.4) is 0 Å². The molecule has 3 atom stereocenters. The summed E-state index contributed by atoms with van der Waals surface area (Å²) in [4.78, 5) is 27.0. The maximum atomic E-state index is 12.5. The fraction of sp³-hybridized carbons (Fsp3) is 0.350. The van der Waals surface area contributed by atoms with Gasteiger partial charge < -0.3 is 30.9 Å². The number of carbonyl (C=O) groups excluding carboxylic acids is 2. The second-order valence-electron chi connectivity index (χ2n) is 12.7. The van der Waals surface area contributed by atoms with Crippen LogP contribution < -0.4 is 16.4 Å². The van der Waals surface area contributed by atoms with Crippen LogP contribution >= 0.6 is 0 Å². The number of ether oxygens (including phenoxy) is 2. The summed E-state index contributed by atoms with van der Waals surface area (Å²) in [6, 6.07) is 33.5. The fourth-order valence-corrected chi connectivity index (χ4v) is 5.99. The van der Waals surface area contributed by atoms with Crippen LogP contribution in [0.1, 0.15) is 78.7 Å². The number of likely N-dealkylation sites (N-methyl/N-ethyl adjacent to an activating group) is 1. The van der Waals surface area contributed by atoms with E-state index in [0.717, 1.165) is 41.8 Å². The normalized spacial score (nSPS) is 17.5. The highest BCUT2D eigenvalue weighted by atomic mass is 16.7. The van der Waals surface area contributed by atoms with Crippen LogP contribution in [0.15, 0.2) is 103 Å². The molecule has 49 heavy (non-hydrogen) atoms. The third-order valence-corrected chi connectivity index (χ3v) is 8.71. The number of nitrogens with two attached hydrogens (primary N) is 1. The number of benzene rings is 4. The van der Waals surface area contributed by atoms with E-state index in [1.54, 1.807) is 12.1 Å². The highest BCUT2D eigenvalue weighted by molar-refractivity contribution is 5.93. The number of rotatable bonds is 16. The number of hydrogen-bond donors (Lipinski definition) is 4. The van der Waals surface area contributed by atoms with Gasteiger partial charge >= 0.3 is 0 Å². The molecule has 0 aromatic heterocycles. The Morgan fingerprint density at radius 2 is 1.43 bits per heavy atom. The number of aliphatic hydroxyl groups is 1. The smallest absolute Gasteiger partial charge is 0.224 e. The van der Waals surface area contributed by atoms with E-state index in [1.807, 2.05) is 66.7 Å². The Kier molecular flexibility index (Phi) is 13.3. The molecule has 0 saturated carbocycles. The van der Waals surface area contributed by atoms with Crippen molar-refractivity contribution in [2.75, 3.05) is 24.6 Å². The summed E-state index contributed by atoms with van der Waals surface area (Å²) in [5, 5.41) is 15.3. The molecule has 0 aliphatic carbocycles. The number of unbranched alkanes of at least 4 members (excludes halogenated alkanes) is 2. The van der Waals surface area contributed by atoms with Gasteiger partial charge in [0.15, 0.2) is 6.29 Å². The maximum absolute atomic E-state index is 12.5. The van der Waals surface area contributed by atoms with Gasteiger partial charge in [-0.15, -0.1) is 0 Å². The first-order valence-electron chi connectivity index (χ1n) is 17.1. The maximum Gasteiger partial charge on any atom is 0.224 e. The van der Waals surface area contributed by atoms with Crippen LogP contribution in [0, 0.1) is 0 Å². The summed E-state index contributed by atoms with van der Waals surface area (Å²) < 4.78 is 13.0. The van der Waals surface area contributed by atoms with Crippen LogP contribution in [0.25, 0.3) is 0 Å². The van der Waals surface area contributed by atoms with E-state index in [9.17, 15) is 14.7 Å². The molecular weight excluding hydrogens is 616 g/mol. The molecule has 0 unspecified atom stereocenters. The van der Waals surface area contributed by atoms with Gasteiger partial charge in [0.05, 0.1) is 30.2 Å². The molecule has 9 heteroatoms. The second kappa shape index (κ2) is 18.3. The first-order valence-corrected chi connectivity index (χ1v) is 17.1. The molecule has 4 aromatic rings. The number of aliphatic hydroxyl groups excluding tert-OH is 1. The lowest BCUT2D eigenvalue weighted by Crippen LogP contribution is -2.37. The Bertz CT molecular complexity index is 1610. The summed E-state index contributed by atoms with van der Waals surface area (Å²) in [5.74, 6) is -0.0879. The molecule has 5 N–H and O–H groups in total. The molecule has 1 aliphatic rings. The van der Waals surface area contributed by atoms with E-state index in [4.69, 9.17) is 15.2 Å². The van der Waals surface area contributed by atoms with Gasteiger partial charge in [0.1, 0.15) is 0 Å². The first-order chi connectivity index (χ1) is 23.9. The quantitative estimate of drug-likeness (QED) is 0.0781. The van der Waals surface area contributed by atoms with Crippen molar-refractivity contribution in [3.8, 4) is 0 Å². The van der Waals surface area contributed by atoms with Gasteiger partial charge in [-0.3, -0.25) is 14.5 Å². The minimum absolute atomic E-state index is 0.00343. The topological polar surface area (TPSA) is 126 Å². The van der Waals surface area contributed by atoms with Gasteiger partial charge in [0, 0.05) is 44.5 Å². The van der Waals surface area contributed by atoms with Crippen LogP contribution in [0.5, 0.6) is 0 Å². The van der Waals surface area contributed by atoms with Crippen LogP contribution in [-0.2, 0) is 38.8 Å².